The lowest BCUT2D eigenvalue weighted by molar-refractivity contribution is -0.148. The topological polar surface area (TPSA) is 66.8 Å². The number of carbonyl (C=O) groups excluding carboxylic acids is 1. The molecule has 5 heteroatoms. The molecular formula is C15H19NO4. The summed E-state index contributed by atoms with van der Waals surface area (Å²) in [4.78, 5) is 24.5. The molecule has 0 aromatic heterocycles. The first-order chi connectivity index (χ1) is 9.47. The van der Waals surface area contributed by atoms with Gasteiger partial charge in [0.2, 0.25) is 0 Å². The fourth-order valence-electron chi connectivity index (χ4n) is 2.57. The molecule has 1 aromatic rings. The Kier molecular flexibility index (Phi) is 4.27. The molecule has 0 spiro atoms. The zero-order valence-electron chi connectivity index (χ0n) is 11.8. The molecule has 1 atom stereocenters. The summed E-state index contributed by atoms with van der Waals surface area (Å²) in [7, 11) is 0. The summed E-state index contributed by atoms with van der Waals surface area (Å²) >= 11 is 0. The van der Waals surface area contributed by atoms with E-state index in [0.29, 0.717) is 18.7 Å². The molecule has 1 saturated heterocycles. The van der Waals surface area contributed by atoms with Crippen molar-refractivity contribution in [3.63, 3.8) is 0 Å². The summed E-state index contributed by atoms with van der Waals surface area (Å²) in [6, 6.07) is 5.04. The van der Waals surface area contributed by atoms with Crippen molar-refractivity contribution in [2.45, 2.75) is 32.7 Å². The second-order valence-electron chi connectivity index (χ2n) is 5.20. The van der Waals surface area contributed by atoms with Gasteiger partial charge in [0.25, 0.3) is 5.91 Å². The van der Waals surface area contributed by atoms with Crippen molar-refractivity contribution in [1.82, 2.24) is 4.90 Å². The van der Waals surface area contributed by atoms with Gasteiger partial charge in [0.15, 0.2) is 6.61 Å². The highest BCUT2D eigenvalue weighted by atomic mass is 16.5. The summed E-state index contributed by atoms with van der Waals surface area (Å²) in [6.07, 6.45) is 1.25. The van der Waals surface area contributed by atoms with Crippen LogP contribution in [0.3, 0.4) is 0 Å². The van der Waals surface area contributed by atoms with Gasteiger partial charge in [-0.1, -0.05) is 6.07 Å². The fourth-order valence-corrected chi connectivity index (χ4v) is 2.57. The minimum absolute atomic E-state index is 0.118. The van der Waals surface area contributed by atoms with E-state index in [1.54, 1.807) is 0 Å². The third-order valence-corrected chi connectivity index (χ3v) is 3.42. The quantitative estimate of drug-likeness (QED) is 0.910. The van der Waals surface area contributed by atoms with Gasteiger partial charge in [-0.2, -0.15) is 0 Å². The maximum atomic E-state index is 12.0. The van der Waals surface area contributed by atoms with Gasteiger partial charge in [0.1, 0.15) is 11.8 Å². The van der Waals surface area contributed by atoms with Crippen molar-refractivity contribution in [2.75, 3.05) is 13.2 Å². The normalized spacial score (nSPS) is 18.1. The number of aliphatic carboxylic acids is 1. The monoisotopic (exact) mass is 277 g/mol. The molecule has 1 aliphatic rings. The lowest BCUT2D eigenvalue weighted by atomic mass is 10.1. The van der Waals surface area contributed by atoms with Gasteiger partial charge < -0.3 is 14.7 Å². The first-order valence-electron chi connectivity index (χ1n) is 6.71. The van der Waals surface area contributed by atoms with Gasteiger partial charge in [-0.25, -0.2) is 4.79 Å². The molecule has 0 bridgehead atoms. The molecule has 2 rings (SSSR count). The smallest absolute Gasteiger partial charge is 0.326 e. The maximum absolute atomic E-state index is 12.0. The minimum atomic E-state index is -0.942. The molecule has 108 valence electrons. The zero-order valence-corrected chi connectivity index (χ0v) is 11.8. The van der Waals surface area contributed by atoms with Gasteiger partial charge in [0, 0.05) is 6.54 Å². The maximum Gasteiger partial charge on any atom is 0.326 e. The average Bonchev–Trinajstić information content (AvgIpc) is 2.84. The number of carboxylic acids is 1. The molecule has 1 amide bonds. The number of likely N-dealkylation sites (tertiary alicyclic amines) is 1. The number of hydrogen-bond donors (Lipinski definition) is 1. The van der Waals surface area contributed by atoms with Crippen LogP contribution in [-0.4, -0.2) is 41.1 Å². The molecule has 20 heavy (non-hydrogen) atoms. The van der Waals surface area contributed by atoms with Gasteiger partial charge in [-0.05, 0) is 49.9 Å². The Balaban J connectivity index is 1.96. The van der Waals surface area contributed by atoms with Gasteiger partial charge in [0.05, 0.1) is 0 Å². The number of rotatable bonds is 4. The molecular weight excluding hydrogens is 258 g/mol. The Morgan fingerprint density at radius 1 is 1.30 bits per heavy atom. The highest BCUT2D eigenvalue weighted by molar-refractivity contribution is 5.85. The first-order valence-corrected chi connectivity index (χ1v) is 6.71. The van der Waals surface area contributed by atoms with Crippen LogP contribution in [0.15, 0.2) is 18.2 Å². The fraction of sp³-hybridized carbons (Fsp3) is 0.467. The third-order valence-electron chi connectivity index (χ3n) is 3.42. The first kappa shape index (κ1) is 14.4. The Morgan fingerprint density at radius 3 is 2.55 bits per heavy atom. The van der Waals surface area contributed by atoms with Crippen molar-refractivity contribution >= 4 is 11.9 Å². The van der Waals surface area contributed by atoms with Crippen LogP contribution in [0, 0.1) is 13.8 Å². The molecule has 1 aromatic carbocycles. The van der Waals surface area contributed by atoms with Crippen LogP contribution in [0.2, 0.25) is 0 Å². The van der Waals surface area contributed by atoms with E-state index in [9.17, 15) is 9.59 Å². The number of nitrogens with zero attached hydrogens (tertiary/aromatic N) is 1. The van der Waals surface area contributed by atoms with Crippen molar-refractivity contribution in [2.24, 2.45) is 0 Å². The van der Waals surface area contributed by atoms with Crippen LogP contribution < -0.4 is 4.74 Å². The van der Waals surface area contributed by atoms with E-state index in [1.165, 1.54) is 4.90 Å². The predicted octanol–water partition coefficient (Wildman–Crippen LogP) is 1.76. The molecule has 5 nitrogen and oxygen atoms in total. The standard InChI is InChI=1S/C15H19NO4/c1-10-6-11(2)8-12(7-10)20-9-14(17)16-5-3-4-13(16)15(18)19/h6-8,13H,3-5,9H2,1-2H3,(H,18,19). The zero-order chi connectivity index (χ0) is 14.7. The van der Waals surface area contributed by atoms with Crippen molar-refractivity contribution < 1.29 is 19.4 Å². The van der Waals surface area contributed by atoms with Gasteiger partial charge in [-0.3, -0.25) is 4.79 Å². The highest BCUT2D eigenvalue weighted by Crippen LogP contribution is 2.19. The number of carbonyl (C=O) groups is 2. The molecule has 1 aliphatic heterocycles. The second-order valence-corrected chi connectivity index (χ2v) is 5.20. The Bertz CT molecular complexity index is 506. The molecule has 1 N–H and O–H groups in total. The van der Waals surface area contributed by atoms with Crippen molar-refractivity contribution in [3.8, 4) is 5.75 Å². The van der Waals surface area contributed by atoms with Crippen LogP contribution in [0.1, 0.15) is 24.0 Å². The van der Waals surface area contributed by atoms with Crippen LogP contribution in [0.4, 0.5) is 0 Å². The van der Waals surface area contributed by atoms with Crippen LogP contribution in [0.5, 0.6) is 5.75 Å². The number of amides is 1. The molecule has 1 unspecified atom stereocenters. The summed E-state index contributed by atoms with van der Waals surface area (Å²) in [5, 5.41) is 9.06. The molecule has 0 radical (unpaired) electrons. The molecule has 0 saturated carbocycles. The van der Waals surface area contributed by atoms with E-state index in [0.717, 1.165) is 17.5 Å². The summed E-state index contributed by atoms with van der Waals surface area (Å²) in [5.41, 5.74) is 2.13. The summed E-state index contributed by atoms with van der Waals surface area (Å²) in [6.45, 7) is 4.30. The SMILES string of the molecule is Cc1cc(C)cc(OCC(=O)N2CCCC2C(=O)O)c1. The lowest BCUT2D eigenvalue weighted by Crippen LogP contribution is -2.42. The second kappa shape index (κ2) is 5.94. The van der Waals surface area contributed by atoms with Crippen LogP contribution in [0.25, 0.3) is 0 Å². The minimum Gasteiger partial charge on any atom is -0.484 e. The number of benzene rings is 1. The molecule has 1 fully saturated rings. The molecule has 1 heterocycles. The lowest BCUT2D eigenvalue weighted by Gasteiger charge is -2.21. The van der Waals surface area contributed by atoms with E-state index < -0.39 is 12.0 Å². The van der Waals surface area contributed by atoms with Gasteiger partial charge >= 0.3 is 5.97 Å². The average molecular weight is 277 g/mol. The van der Waals surface area contributed by atoms with E-state index in [2.05, 4.69) is 0 Å². The van der Waals surface area contributed by atoms with E-state index in [4.69, 9.17) is 9.84 Å². The Labute approximate surface area is 118 Å². The number of ether oxygens (including phenoxy) is 1. The largest absolute Gasteiger partial charge is 0.484 e. The predicted molar refractivity (Wildman–Crippen MR) is 73.8 cm³/mol. The third kappa shape index (κ3) is 3.29. The van der Waals surface area contributed by atoms with Crippen LogP contribution >= 0.6 is 0 Å². The van der Waals surface area contributed by atoms with Crippen molar-refractivity contribution in [1.29, 1.82) is 0 Å². The summed E-state index contributed by atoms with van der Waals surface area (Å²) < 4.78 is 5.49. The molecule has 0 aliphatic carbocycles. The van der Waals surface area contributed by atoms with E-state index >= 15 is 0 Å². The van der Waals surface area contributed by atoms with Crippen LogP contribution in [-0.2, 0) is 9.59 Å². The number of hydrogen-bond acceptors (Lipinski definition) is 3. The Morgan fingerprint density at radius 2 is 1.95 bits per heavy atom. The number of carboxylic acid groups (broad SMARTS) is 1. The Hall–Kier alpha value is -2.04. The highest BCUT2D eigenvalue weighted by Gasteiger charge is 2.33. The van der Waals surface area contributed by atoms with Crippen molar-refractivity contribution in [3.05, 3.63) is 29.3 Å². The number of aryl methyl sites for hydroxylation is 2. The van der Waals surface area contributed by atoms with E-state index in [1.807, 2.05) is 32.0 Å². The summed E-state index contributed by atoms with van der Waals surface area (Å²) in [5.74, 6) is -0.571. The van der Waals surface area contributed by atoms with Gasteiger partial charge in [-0.15, -0.1) is 0 Å². The van der Waals surface area contributed by atoms with E-state index in [-0.39, 0.29) is 12.5 Å².